The molecule has 0 aliphatic rings. The van der Waals surface area contributed by atoms with E-state index in [9.17, 15) is 4.39 Å². The van der Waals surface area contributed by atoms with Crippen LogP contribution in [-0.4, -0.2) is 13.7 Å². The molecule has 0 bridgehead atoms. The van der Waals surface area contributed by atoms with Crippen molar-refractivity contribution in [3.8, 4) is 5.75 Å². The molecule has 1 rings (SSSR count). The van der Waals surface area contributed by atoms with Gasteiger partial charge in [-0.3, -0.25) is 0 Å². The third-order valence-electron chi connectivity index (χ3n) is 1.87. The van der Waals surface area contributed by atoms with Gasteiger partial charge >= 0.3 is 0 Å². The Morgan fingerprint density at radius 2 is 2.14 bits per heavy atom. The minimum absolute atomic E-state index is 0.277. The Labute approximate surface area is 84.1 Å². The van der Waals surface area contributed by atoms with Crippen LogP contribution in [0.3, 0.4) is 0 Å². The van der Waals surface area contributed by atoms with Crippen molar-refractivity contribution in [1.82, 2.24) is 0 Å². The summed E-state index contributed by atoms with van der Waals surface area (Å²) in [6, 6.07) is 4.78. The highest BCUT2D eigenvalue weighted by Gasteiger charge is 2.03. The van der Waals surface area contributed by atoms with Crippen molar-refractivity contribution < 1.29 is 9.13 Å². The van der Waals surface area contributed by atoms with Gasteiger partial charge in [0, 0.05) is 18.3 Å². The molecule has 0 spiro atoms. The molecule has 0 heterocycles. The highest BCUT2D eigenvalue weighted by molar-refractivity contribution is 5.48. The lowest BCUT2D eigenvalue weighted by atomic mass is 10.2. The average molecular weight is 197 g/mol. The first kappa shape index (κ1) is 10.8. The van der Waals surface area contributed by atoms with E-state index in [1.165, 1.54) is 13.2 Å². The fraction of sp³-hybridized carbons (Fsp3) is 0.455. The van der Waals surface area contributed by atoms with E-state index in [2.05, 4.69) is 19.2 Å². The third kappa shape index (κ3) is 2.91. The third-order valence-corrected chi connectivity index (χ3v) is 1.87. The SMILES string of the molecule is COc1cc(NCC(C)C)ccc1F. The Morgan fingerprint density at radius 3 is 2.71 bits per heavy atom. The fourth-order valence-electron chi connectivity index (χ4n) is 1.09. The monoisotopic (exact) mass is 197 g/mol. The summed E-state index contributed by atoms with van der Waals surface area (Å²) in [6.45, 7) is 5.11. The van der Waals surface area contributed by atoms with Crippen molar-refractivity contribution in [3.63, 3.8) is 0 Å². The average Bonchev–Trinajstić information content (AvgIpc) is 2.16. The Bertz CT molecular complexity index is 299. The zero-order chi connectivity index (χ0) is 10.6. The summed E-state index contributed by atoms with van der Waals surface area (Å²) < 4.78 is 17.9. The first-order valence-corrected chi connectivity index (χ1v) is 4.71. The summed E-state index contributed by atoms with van der Waals surface area (Å²) in [5.74, 6) is 0.507. The quantitative estimate of drug-likeness (QED) is 0.801. The normalized spacial score (nSPS) is 10.4. The molecule has 0 aliphatic heterocycles. The second-order valence-electron chi connectivity index (χ2n) is 3.62. The molecule has 1 aromatic rings. The molecule has 0 saturated heterocycles. The minimum atomic E-state index is -0.331. The van der Waals surface area contributed by atoms with Gasteiger partial charge in [0.25, 0.3) is 0 Å². The van der Waals surface area contributed by atoms with Crippen molar-refractivity contribution in [2.24, 2.45) is 5.92 Å². The lowest BCUT2D eigenvalue weighted by molar-refractivity contribution is 0.387. The molecule has 78 valence electrons. The Morgan fingerprint density at radius 1 is 1.43 bits per heavy atom. The van der Waals surface area contributed by atoms with Crippen LogP contribution in [0.5, 0.6) is 5.75 Å². The van der Waals surface area contributed by atoms with Gasteiger partial charge in [-0.1, -0.05) is 13.8 Å². The van der Waals surface area contributed by atoms with Gasteiger partial charge in [-0.2, -0.15) is 0 Å². The summed E-state index contributed by atoms with van der Waals surface area (Å²) in [5, 5.41) is 3.20. The van der Waals surface area contributed by atoms with Crippen LogP contribution in [0.1, 0.15) is 13.8 Å². The minimum Gasteiger partial charge on any atom is -0.494 e. The molecule has 0 amide bonds. The maximum Gasteiger partial charge on any atom is 0.165 e. The van der Waals surface area contributed by atoms with Gasteiger partial charge in [0.2, 0.25) is 0 Å². The number of benzene rings is 1. The molecule has 0 unspecified atom stereocenters. The van der Waals surface area contributed by atoms with E-state index in [1.807, 2.05) is 0 Å². The molecule has 0 saturated carbocycles. The smallest absolute Gasteiger partial charge is 0.165 e. The highest BCUT2D eigenvalue weighted by atomic mass is 19.1. The maximum atomic E-state index is 13.0. The van der Waals surface area contributed by atoms with Gasteiger partial charge < -0.3 is 10.1 Å². The van der Waals surface area contributed by atoms with Crippen molar-refractivity contribution in [2.75, 3.05) is 19.0 Å². The predicted octanol–water partition coefficient (Wildman–Crippen LogP) is 2.90. The molecular weight excluding hydrogens is 181 g/mol. The molecule has 1 aromatic carbocycles. The van der Waals surface area contributed by atoms with Crippen LogP contribution in [0, 0.1) is 11.7 Å². The van der Waals surface area contributed by atoms with Gasteiger partial charge in [0.05, 0.1) is 7.11 Å². The van der Waals surface area contributed by atoms with Crippen molar-refractivity contribution in [2.45, 2.75) is 13.8 Å². The van der Waals surface area contributed by atoms with Crippen molar-refractivity contribution >= 4 is 5.69 Å². The first-order chi connectivity index (χ1) is 6.63. The Kier molecular flexibility index (Phi) is 3.74. The van der Waals surface area contributed by atoms with E-state index in [4.69, 9.17) is 4.74 Å². The molecule has 0 fully saturated rings. The molecule has 1 N–H and O–H groups in total. The highest BCUT2D eigenvalue weighted by Crippen LogP contribution is 2.21. The van der Waals surface area contributed by atoms with Gasteiger partial charge in [-0.05, 0) is 18.1 Å². The molecule has 14 heavy (non-hydrogen) atoms. The molecule has 3 heteroatoms. The molecule has 0 aromatic heterocycles. The van der Waals surface area contributed by atoms with E-state index in [1.54, 1.807) is 12.1 Å². The van der Waals surface area contributed by atoms with Crippen LogP contribution < -0.4 is 10.1 Å². The molecule has 0 aliphatic carbocycles. The summed E-state index contributed by atoms with van der Waals surface area (Å²) in [6.07, 6.45) is 0. The number of rotatable bonds is 4. The molecule has 0 radical (unpaired) electrons. The van der Waals surface area contributed by atoms with E-state index in [0.717, 1.165) is 12.2 Å². The number of halogens is 1. The summed E-state index contributed by atoms with van der Waals surface area (Å²) >= 11 is 0. The van der Waals surface area contributed by atoms with Gasteiger partial charge in [-0.15, -0.1) is 0 Å². The second kappa shape index (κ2) is 4.84. The molecule has 2 nitrogen and oxygen atoms in total. The topological polar surface area (TPSA) is 21.3 Å². The second-order valence-corrected chi connectivity index (χ2v) is 3.62. The first-order valence-electron chi connectivity index (χ1n) is 4.71. The van der Waals surface area contributed by atoms with E-state index in [0.29, 0.717) is 5.92 Å². The number of hydrogen-bond acceptors (Lipinski definition) is 2. The van der Waals surface area contributed by atoms with Crippen LogP contribution >= 0.6 is 0 Å². The van der Waals surface area contributed by atoms with Crippen LogP contribution in [0.15, 0.2) is 18.2 Å². The zero-order valence-corrected chi connectivity index (χ0v) is 8.80. The van der Waals surface area contributed by atoms with Crippen LogP contribution in [0.4, 0.5) is 10.1 Å². The number of ether oxygens (including phenoxy) is 1. The molecule has 0 atom stereocenters. The summed E-state index contributed by atoms with van der Waals surface area (Å²) in [7, 11) is 1.46. The summed E-state index contributed by atoms with van der Waals surface area (Å²) in [5.41, 5.74) is 0.886. The lowest BCUT2D eigenvalue weighted by Crippen LogP contribution is -2.07. The molecular formula is C11H16FNO. The standard InChI is InChI=1S/C11H16FNO/c1-8(2)7-13-9-4-5-10(12)11(6-9)14-3/h4-6,8,13H,7H2,1-3H3. The number of methoxy groups -OCH3 is 1. The Hall–Kier alpha value is -1.25. The van der Waals surface area contributed by atoms with Crippen LogP contribution in [0.2, 0.25) is 0 Å². The van der Waals surface area contributed by atoms with Gasteiger partial charge in [0.15, 0.2) is 11.6 Å². The van der Waals surface area contributed by atoms with Crippen LogP contribution in [-0.2, 0) is 0 Å². The predicted molar refractivity (Wildman–Crippen MR) is 56.3 cm³/mol. The number of hydrogen-bond donors (Lipinski definition) is 1. The fourth-order valence-corrected chi connectivity index (χ4v) is 1.09. The number of nitrogens with one attached hydrogen (secondary N) is 1. The Balaban J connectivity index is 2.69. The maximum absolute atomic E-state index is 13.0. The lowest BCUT2D eigenvalue weighted by Gasteiger charge is -2.10. The van der Waals surface area contributed by atoms with E-state index >= 15 is 0 Å². The summed E-state index contributed by atoms with van der Waals surface area (Å²) in [4.78, 5) is 0. The van der Waals surface area contributed by atoms with Crippen LogP contribution in [0.25, 0.3) is 0 Å². The largest absolute Gasteiger partial charge is 0.494 e. The zero-order valence-electron chi connectivity index (χ0n) is 8.80. The number of anilines is 1. The van der Waals surface area contributed by atoms with E-state index < -0.39 is 0 Å². The van der Waals surface area contributed by atoms with Crippen molar-refractivity contribution in [3.05, 3.63) is 24.0 Å². The van der Waals surface area contributed by atoms with Crippen molar-refractivity contribution in [1.29, 1.82) is 0 Å². The van der Waals surface area contributed by atoms with Gasteiger partial charge in [-0.25, -0.2) is 4.39 Å². The van der Waals surface area contributed by atoms with E-state index in [-0.39, 0.29) is 11.6 Å². The van der Waals surface area contributed by atoms with Gasteiger partial charge in [0.1, 0.15) is 0 Å².